The van der Waals surface area contributed by atoms with Crippen LogP contribution in [0.1, 0.15) is 5.76 Å². The van der Waals surface area contributed by atoms with Crippen molar-refractivity contribution >= 4 is 5.91 Å². The van der Waals surface area contributed by atoms with E-state index in [1.165, 1.54) is 6.33 Å². The second-order valence-electron chi connectivity index (χ2n) is 5.20. The first-order valence-electron chi connectivity index (χ1n) is 7.25. The number of nitrogens with zero attached hydrogens (tertiary/aromatic N) is 4. The van der Waals surface area contributed by atoms with Gasteiger partial charge in [-0.3, -0.25) is 14.4 Å². The minimum atomic E-state index is -0.0159. The number of aromatic nitrogens is 3. The fourth-order valence-corrected chi connectivity index (χ4v) is 2.43. The third-order valence-electron chi connectivity index (χ3n) is 3.49. The molecule has 0 saturated carbocycles. The van der Waals surface area contributed by atoms with Gasteiger partial charge in [-0.2, -0.15) is 5.10 Å². The maximum absolute atomic E-state index is 12.0. The van der Waals surface area contributed by atoms with Crippen LogP contribution in [-0.4, -0.2) is 57.9 Å². The van der Waals surface area contributed by atoms with E-state index in [4.69, 9.17) is 9.15 Å². The third-order valence-corrected chi connectivity index (χ3v) is 3.49. The molecule has 1 amide bonds. The predicted octanol–water partition coefficient (Wildman–Crippen LogP) is -0.112. The van der Waals surface area contributed by atoms with Crippen molar-refractivity contribution in [2.45, 2.75) is 19.2 Å². The van der Waals surface area contributed by atoms with Gasteiger partial charge in [-0.05, 0) is 12.1 Å². The van der Waals surface area contributed by atoms with E-state index in [-0.39, 0.29) is 12.0 Å². The smallest absolute Gasteiger partial charge is 0.234 e. The number of amides is 1. The van der Waals surface area contributed by atoms with E-state index in [1.807, 2.05) is 6.07 Å². The number of rotatable bonds is 6. The first-order valence-corrected chi connectivity index (χ1v) is 7.25. The SMILES string of the molecule is O=C(CN1CCO[C@H](Cn2cncn2)C1)NCc1ccco1. The van der Waals surface area contributed by atoms with Crippen LogP contribution in [0.2, 0.25) is 0 Å². The Balaban J connectivity index is 1.42. The molecular weight excluding hydrogens is 286 g/mol. The quantitative estimate of drug-likeness (QED) is 0.801. The molecule has 0 unspecified atom stereocenters. The fraction of sp³-hybridized carbons (Fsp3) is 0.500. The van der Waals surface area contributed by atoms with Crippen LogP contribution in [0.15, 0.2) is 35.5 Å². The van der Waals surface area contributed by atoms with Crippen LogP contribution in [0, 0.1) is 0 Å². The molecule has 1 atom stereocenters. The summed E-state index contributed by atoms with van der Waals surface area (Å²) in [4.78, 5) is 18.0. The molecule has 118 valence electrons. The summed E-state index contributed by atoms with van der Waals surface area (Å²) in [6, 6.07) is 3.64. The van der Waals surface area contributed by atoms with Crippen molar-refractivity contribution < 1.29 is 13.9 Å². The molecule has 1 saturated heterocycles. The molecular formula is C14H19N5O3. The zero-order valence-electron chi connectivity index (χ0n) is 12.2. The molecule has 8 heteroatoms. The number of hydrogen-bond acceptors (Lipinski definition) is 6. The van der Waals surface area contributed by atoms with E-state index in [2.05, 4.69) is 20.3 Å². The van der Waals surface area contributed by atoms with Crippen LogP contribution in [0.3, 0.4) is 0 Å². The average Bonchev–Trinajstić information content (AvgIpc) is 3.19. The molecule has 3 heterocycles. The summed E-state index contributed by atoms with van der Waals surface area (Å²) in [5.41, 5.74) is 0. The van der Waals surface area contributed by atoms with Crippen LogP contribution in [-0.2, 0) is 22.6 Å². The van der Waals surface area contributed by atoms with Crippen LogP contribution in [0.25, 0.3) is 0 Å². The summed E-state index contributed by atoms with van der Waals surface area (Å²) in [6.45, 7) is 3.49. The van der Waals surface area contributed by atoms with E-state index >= 15 is 0 Å². The Morgan fingerprint density at radius 1 is 1.50 bits per heavy atom. The molecule has 3 rings (SSSR count). The van der Waals surface area contributed by atoms with Gasteiger partial charge in [0.2, 0.25) is 5.91 Å². The molecule has 22 heavy (non-hydrogen) atoms. The van der Waals surface area contributed by atoms with Crippen LogP contribution < -0.4 is 5.32 Å². The average molecular weight is 305 g/mol. The molecule has 0 bridgehead atoms. The van der Waals surface area contributed by atoms with Gasteiger partial charge in [0.25, 0.3) is 0 Å². The van der Waals surface area contributed by atoms with Gasteiger partial charge in [0.15, 0.2) is 0 Å². The number of hydrogen-bond donors (Lipinski definition) is 1. The van der Waals surface area contributed by atoms with Crippen molar-refractivity contribution in [3.05, 3.63) is 36.8 Å². The summed E-state index contributed by atoms with van der Waals surface area (Å²) >= 11 is 0. The van der Waals surface area contributed by atoms with Gasteiger partial charge in [0.05, 0.1) is 38.6 Å². The lowest BCUT2D eigenvalue weighted by atomic mass is 10.2. The van der Waals surface area contributed by atoms with E-state index in [0.29, 0.717) is 32.8 Å². The summed E-state index contributed by atoms with van der Waals surface area (Å²) in [5, 5.41) is 6.92. The molecule has 0 radical (unpaired) electrons. The van der Waals surface area contributed by atoms with Crippen molar-refractivity contribution in [1.82, 2.24) is 25.0 Å². The highest BCUT2D eigenvalue weighted by Gasteiger charge is 2.22. The molecule has 1 aliphatic heterocycles. The molecule has 0 spiro atoms. The van der Waals surface area contributed by atoms with Crippen LogP contribution in [0.5, 0.6) is 0 Å². The zero-order valence-corrected chi connectivity index (χ0v) is 12.2. The molecule has 0 aliphatic carbocycles. The molecule has 2 aromatic rings. The second-order valence-corrected chi connectivity index (χ2v) is 5.20. The van der Waals surface area contributed by atoms with E-state index in [9.17, 15) is 4.79 Å². The molecule has 1 aliphatic rings. The van der Waals surface area contributed by atoms with Crippen molar-refractivity contribution in [1.29, 1.82) is 0 Å². The summed E-state index contributed by atoms with van der Waals surface area (Å²) in [6.07, 6.45) is 4.78. The standard InChI is InChI=1S/C14H19N5O3/c20-14(16-6-12-2-1-4-21-12)9-18-3-5-22-13(7-18)8-19-11-15-10-17-19/h1-2,4,10-11,13H,3,5-9H2,(H,16,20)/t13-/m0/s1. The zero-order chi connectivity index (χ0) is 15.2. The number of carbonyl (C=O) groups is 1. The Bertz CT molecular complexity index is 569. The maximum Gasteiger partial charge on any atom is 0.234 e. The molecule has 0 aromatic carbocycles. The first kappa shape index (κ1) is 14.7. The lowest BCUT2D eigenvalue weighted by molar-refractivity contribution is -0.124. The summed E-state index contributed by atoms with van der Waals surface area (Å²) in [5.74, 6) is 0.734. The van der Waals surface area contributed by atoms with Gasteiger partial charge in [0.1, 0.15) is 18.4 Å². The number of nitrogens with one attached hydrogen (secondary N) is 1. The summed E-state index contributed by atoms with van der Waals surface area (Å²) < 4.78 is 12.6. The van der Waals surface area contributed by atoms with Gasteiger partial charge in [-0.1, -0.05) is 0 Å². The van der Waals surface area contributed by atoms with Crippen molar-refractivity contribution in [3.63, 3.8) is 0 Å². The minimum Gasteiger partial charge on any atom is -0.467 e. The molecule has 1 N–H and O–H groups in total. The van der Waals surface area contributed by atoms with Gasteiger partial charge < -0.3 is 14.5 Å². The first-order chi connectivity index (χ1) is 10.8. The van der Waals surface area contributed by atoms with E-state index in [0.717, 1.165) is 12.3 Å². The molecule has 1 fully saturated rings. The highest BCUT2D eigenvalue weighted by Crippen LogP contribution is 2.07. The minimum absolute atomic E-state index is 0.0159. The topological polar surface area (TPSA) is 85.4 Å². The van der Waals surface area contributed by atoms with E-state index in [1.54, 1.807) is 23.3 Å². The Morgan fingerprint density at radius 2 is 2.45 bits per heavy atom. The van der Waals surface area contributed by atoms with Crippen molar-refractivity contribution in [2.75, 3.05) is 26.2 Å². The molecule has 8 nitrogen and oxygen atoms in total. The fourth-order valence-electron chi connectivity index (χ4n) is 2.43. The number of ether oxygens (including phenoxy) is 1. The number of morpholine rings is 1. The van der Waals surface area contributed by atoms with Gasteiger partial charge in [-0.25, -0.2) is 4.98 Å². The monoisotopic (exact) mass is 305 g/mol. The third kappa shape index (κ3) is 4.15. The Kier molecular flexibility index (Phi) is 4.81. The van der Waals surface area contributed by atoms with Crippen LogP contribution >= 0.6 is 0 Å². The largest absolute Gasteiger partial charge is 0.467 e. The Morgan fingerprint density at radius 3 is 3.23 bits per heavy atom. The maximum atomic E-state index is 12.0. The summed E-state index contributed by atoms with van der Waals surface area (Å²) in [7, 11) is 0. The number of furan rings is 1. The second kappa shape index (κ2) is 7.19. The Hall–Kier alpha value is -2.19. The molecule has 2 aromatic heterocycles. The Labute approximate surface area is 128 Å². The van der Waals surface area contributed by atoms with Crippen LogP contribution in [0.4, 0.5) is 0 Å². The van der Waals surface area contributed by atoms with E-state index < -0.39 is 0 Å². The van der Waals surface area contributed by atoms with Gasteiger partial charge in [-0.15, -0.1) is 0 Å². The van der Waals surface area contributed by atoms with Crippen molar-refractivity contribution in [3.8, 4) is 0 Å². The van der Waals surface area contributed by atoms with Gasteiger partial charge >= 0.3 is 0 Å². The lowest BCUT2D eigenvalue weighted by Gasteiger charge is -2.32. The van der Waals surface area contributed by atoms with Crippen molar-refractivity contribution in [2.24, 2.45) is 0 Å². The normalized spacial score (nSPS) is 19.2. The predicted molar refractivity (Wildman–Crippen MR) is 76.8 cm³/mol. The highest BCUT2D eigenvalue weighted by molar-refractivity contribution is 5.77. The number of carbonyl (C=O) groups excluding carboxylic acids is 1. The van der Waals surface area contributed by atoms with Gasteiger partial charge in [0, 0.05) is 13.1 Å². The lowest BCUT2D eigenvalue weighted by Crippen LogP contribution is -2.48. The highest BCUT2D eigenvalue weighted by atomic mass is 16.5.